The van der Waals surface area contributed by atoms with Crippen molar-refractivity contribution in [3.63, 3.8) is 0 Å². The molecule has 0 aromatic heterocycles. The first-order chi connectivity index (χ1) is 12.6. The minimum absolute atomic E-state index is 0.0135. The van der Waals surface area contributed by atoms with Crippen molar-refractivity contribution in [2.45, 2.75) is 52.1 Å². The van der Waals surface area contributed by atoms with Crippen LogP contribution in [0.25, 0.3) is 0 Å². The van der Waals surface area contributed by atoms with Crippen LogP contribution in [0, 0.1) is 5.41 Å². The van der Waals surface area contributed by atoms with E-state index in [2.05, 4.69) is 131 Å². The maximum Gasteiger partial charge on any atom is 0.204 e. The quantitative estimate of drug-likeness (QED) is 0.738. The highest BCUT2D eigenvalue weighted by atomic mass is 28.3. The van der Waals surface area contributed by atoms with E-state index in [0.29, 0.717) is 0 Å². The number of nitrogens with one attached hydrogen (secondary N) is 1. The summed E-state index contributed by atoms with van der Waals surface area (Å²) in [4.78, 5) is 4.23. The summed E-state index contributed by atoms with van der Waals surface area (Å²) >= 11 is 0. The van der Waals surface area contributed by atoms with E-state index in [0.717, 1.165) is 0 Å². The summed E-state index contributed by atoms with van der Waals surface area (Å²) in [5.74, 6) is 0. The van der Waals surface area contributed by atoms with Crippen LogP contribution in [0.1, 0.15) is 41.5 Å². The average molecular weight is 376 g/mol. The van der Waals surface area contributed by atoms with Crippen molar-refractivity contribution in [1.29, 1.82) is 0 Å². The first-order valence-electron chi connectivity index (χ1n) is 9.90. The van der Waals surface area contributed by atoms with Crippen molar-refractivity contribution in [3.8, 4) is 0 Å². The van der Waals surface area contributed by atoms with Crippen LogP contribution in [0.2, 0.25) is 5.04 Å². The average Bonchev–Trinajstić information content (AvgIpc) is 3.12. The second kappa shape index (κ2) is 6.92. The molecule has 0 amide bonds. The molecule has 2 aromatic carbocycles. The predicted molar refractivity (Wildman–Crippen MR) is 121 cm³/mol. The number of allylic oxidation sites excluding steroid dienone is 4. The minimum atomic E-state index is -2.46. The fourth-order valence-corrected chi connectivity index (χ4v) is 10.7. The van der Waals surface area contributed by atoms with E-state index in [4.69, 9.17) is 0 Å². The Bertz CT molecular complexity index is 769. The number of benzene rings is 2. The van der Waals surface area contributed by atoms with Crippen LogP contribution in [-0.2, 0) is 0 Å². The van der Waals surface area contributed by atoms with Gasteiger partial charge in [0.2, 0.25) is 8.24 Å². The van der Waals surface area contributed by atoms with Gasteiger partial charge in [-0.1, -0.05) is 106 Å². The third-order valence-electron chi connectivity index (χ3n) is 5.67. The van der Waals surface area contributed by atoms with Crippen molar-refractivity contribution in [3.05, 3.63) is 85.0 Å². The smallest absolute Gasteiger partial charge is 0.204 e. The first kappa shape index (κ1) is 19.8. The Morgan fingerprint density at radius 2 is 1.07 bits per heavy atom. The van der Waals surface area contributed by atoms with Gasteiger partial charge in [-0.3, -0.25) is 0 Å². The van der Waals surface area contributed by atoms with E-state index in [9.17, 15) is 0 Å². The highest BCUT2D eigenvalue weighted by molar-refractivity contribution is 7.03. The molecule has 0 radical (unpaired) electrons. The Kier molecular flexibility index (Phi) is 5.09. The van der Waals surface area contributed by atoms with Crippen LogP contribution in [0.3, 0.4) is 0 Å². The van der Waals surface area contributed by atoms with Gasteiger partial charge >= 0.3 is 0 Å². The van der Waals surface area contributed by atoms with Gasteiger partial charge in [-0.15, -0.1) is 0 Å². The molecule has 0 heterocycles. The molecule has 0 unspecified atom stereocenters. The lowest BCUT2D eigenvalue weighted by atomic mass is 9.80. The molecule has 0 spiro atoms. The van der Waals surface area contributed by atoms with Crippen molar-refractivity contribution < 1.29 is 0 Å². The molecule has 1 N–H and O–H groups in total. The van der Waals surface area contributed by atoms with Gasteiger partial charge in [-0.25, -0.2) is 0 Å². The van der Waals surface area contributed by atoms with Crippen molar-refractivity contribution >= 4 is 18.6 Å². The molecular formula is C25H33NSi. The van der Waals surface area contributed by atoms with Gasteiger partial charge < -0.3 is 4.98 Å². The Labute approximate surface area is 166 Å². The van der Waals surface area contributed by atoms with Crippen molar-refractivity contribution in [1.82, 2.24) is 4.98 Å². The Balaban J connectivity index is 2.45. The topological polar surface area (TPSA) is 12.0 Å². The second-order valence-electron chi connectivity index (χ2n) is 9.69. The van der Waals surface area contributed by atoms with E-state index in [1.165, 1.54) is 10.4 Å². The van der Waals surface area contributed by atoms with Gasteiger partial charge in [0.15, 0.2) is 0 Å². The molecule has 0 saturated carbocycles. The first-order valence-corrected chi connectivity index (χ1v) is 11.9. The summed E-state index contributed by atoms with van der Waals surface area (Å²) in [5, 5.41) is 2.78. The molecule has 2 aromatic rings. The summed E-state index contributed by atoms with van der Waals surface area (Å²) in [6.45, 7) is 14.0. The van der Waals surface area contributed by atoms with Crippen LogP contribution >= 0.6 is 0 Å². The molecular weight excluding hydrogens is 342 g/mol. The fraction of sp³-hybridized carbons (Fsp3) is 0.360. The molecule has 3 rings (SSSR count). The van der Waals surface area contributed by atoms with Crippen molar-refractivity contribution in [2.75, 3.05) is 0 Å². The molecule has 1 nitrogen and oxygen atoms in total. The number of hydrogen-bond donors (Lipinski definition) is 1. The van der Waals surface area contributed by atoms with E-state index >= 15 is 0 Å². The van der Waals surface area contributed by atoms with Crippen LogP contribution < -0.4 is 15.4 Å². The molecule has 142 valence electrons. The van der Waals surface area contributed by atoms with E-state index in [-0.39, 0.29) is 16.0 Å². The Morgan fingerprint density at radius 1 is 0.667 bits per heavy atom. The molecule has 0 saturated heterocycles. The normalized spacial score (nSPS) is 16.7. The maximum absolute atomic E-state index is 4.23. The molecule has 2 heteroatoms. The molecule has 1 aliphatic carbocycles. The largest absolute Gasteiger partial charge is 0.325 e. The van der Waals surface area contributed by atoms with Gasteiger partial charge in [0, 0.05) is 10.6 Å². The van der Waals surface area contributed by atoms with E-state index < -0.39 is 8.24 Å². The van der Waals surface area contributed by atoms with Gasteiger partial charge in [0.1, 0.15) is 0 Å². The third-order valence-corrected chi connectivity index (χ3v) is 11.5. The monoisotopic (exact) mass is 375 g/mol. The number of rotatable bonds is 4. The summed E-state index contributed by atoms with van der Waals surface area (Å²) < 4.78 is 0. The molecule has 0 fully saturated rings. The molecule has 27 heavy (non-hydrogen) atoms. The van der Waals surface area contributed by atoms with Gasteiger partial charge in [-0.05, 0) is 36.6 Å². The zero-order chi connectivity index (χ0) is 19.8. The summed E-state index contributed by atoms with van der Waals surface area (Å²) in [7, 11) is -2.46. The van der Waals surface area contributed by atoms with Gasteiger partial charge in [-0.2, -0.15) is 0 Å². The highest BCUT2D eigenvalue weighted by Crippen LogP contribution is 2.56. The SMILES string of the molecule is CC(C)(C)N[Si](c1ccccc1)(c1ccccc1)C1(C(C)(C)C)C=CC=C1. The summed E-state index contributed by atoms with van der Waals surface area (Å²) in [6, 6.07) is 22.3. The van der Waals surface area contributed by atoms with Gasteiger partial charge in [0.25, 0.3) is 0 Å². The lowest BCUT2D eigenvalue weighted by Gasteiger charge is -2.55. The molecule has 1 aliphatic rings. The van der Waals surface area contributed by atoms with E-state index in [1.54, 1.807) is 0 Å². The number of hydrogen-bond acceptors (Lipinski definition) is 1. The van der Waals surface area contributed by atoms with Gasteiger partial charge in [0.05, 0.1) is 0 Å². The Hall–Kier alpha value is -1.90. The summed E-state index contributed by atoms with van der Waals surface area (Å²) in [5.41, 5.74) is 0.0487. The fourth-order valence-electron chi connectivity index (χ4n) is 4.61. The molecule has 0 bridgehead atoms. The Morgan fingerprint density at radius 3 is 1.41 bits per heavy atom. The van der Waals surface area contributed by atoms with Crippen LogP contribution in [0.5, 0.6) is 0 Å². The zero-order valence-corrected chi connectivity index (χ0v) is 18.6. The van der Waals surface area contributed by atoms with Crippen LogP contribution in [-0.4, -0.2) is 13.8 Å². The zero-order valence-electron chi connectivity index (χ0n) is 17.6. The second-order valence-corrected chi connectivity index (χ2v) is 13.4. The molecule has 0 aliphatic heterocycles. The standard InChI is InChI=1S/C25H33NSi/c1-23(2,3)25(19-13-14-20-25)27(26-24(4,5)6,21-15-9-7-10-16-21)22-17-11-8-12-18-22/h7-20,26H,1-6H3. The lowest BCUT2D eigenvalue weighted by Crippen LogP contribution is -2.79. The third kappa shape index (κ3) is 3.37. The van der Waals surface area contributed by atoms with Crippen LogP contribution in [0.4, 0.5) is 0 Å². The molecule has 0 atom stereocenters. The van der Waals surface area contributed by atoms with E-state index in [1.807, 2.05) is 0 Å². The highest BCUT2D eigenvalue weighted by Gasteiger charge is 2.60. The predicted octanol–water partition coefficient (Wildman–Crippen LogP) is 5.05. The summed E-state index contributed by atoms with van der Waals surface area (Å²) in [6.07, 6.45) is 9.39. The lowest BCUT2D eigenvalue weighted by molar-refractivity contribution is 0.342. The van der Waals surface area contributed by atoms with Crippen molar-refractivity contribution in [2.24, 2.45) is 5.41 Å². The minimum Gasteiger partial charge on any atom is -0.325 e. The maximum atomic E-state index is 4.23. The van der Waals surface area contributed by atoms with Crippen LogP contribution in [0.15, 0.2) is 85.0 Å².